The highest BCUT2D eigenvalue weighted by molar-refractivity contribution is 6.47. The third-order valence-corrected chi connectivity index (χ3v) is 4.60. The van der Waals surface area contributed by atoms with Gasteiger partial charge in [0.05, 0.1) is 11.5 Å². The number of hydrogen-bond donors (Lipinski definition) is 2. The van der Waals surface area contributed by atoms with Crippen molar-refractivity contribution in [1.82, 2.24) is 5.32 Å². The number of benzene rings is 2. The lowest BCUT2D eigenvalue weighted by atomic mass is 9.72. The average molecular weight is 455 g/mol. The molecule has 2 N–H and O–H groups in total. The fraction of sp³-hybridized carbons (Fsp3) is 0.182. The van der Waals surface area contributed by atoms with Crippen LogP contribution in [0.2, 0.25) is 0 Å². The standard InChI is InChI=1S/C22H19BFNO8/c1-13(26)5-10-19(27)25-18-11-15-3-2-4-17(20(15)33-23(18)30)22(29)32-12-31-21(28)14-6-8-16(24)9-7-14/h2-10,18,30H,11-12H2,1H3,(H,25,27)/b10-5+/t18-/m0/s1. The first kappa shape index (κ1) is 23.7. The van der Waals surface area contributed by atoms with E-state index < -0.39 is 43.5 Å². The summed E-state index contributed by atoms with van der Waals surface area (Å²) in [6, 6.07) is 9.27. The molecule has 0 saturated carbocycles. The Balaban J connectivity index is 1.61. The summed E-state index contributed by atoms with van der Waals surface area (Å²) in [6.45, 7) is 0.603. The summed E-state index contributed by atoms with van der Waals surface area (Å²) < 4.78 is 28.2. The fourth-order valence-corrected chi connectivity index (χ4v) is 3.02. The normalized spacial score (nSPS) is 14.8. The highest BCUT2D eigenvalue weighted by Crippen LogP contribution is 2.30. The first-order valence-electron chi connectivity index (χ1n) is 9.80. The van der Waals surface area contributed by atoms with Crippen molar-refractivity contribution in [3.05, 3.63) is 77.1 Å². The molecule has 0 radical (unpaired) electrons. The van der Waals surface area contributed by atoms with Crippen LogP contribution in [0.25, 0.3) is 0 Å². The van der Waals surface area contributed by atoms with Crippen molar-refractivity contribution >= 4 is 30.7 Å². The number of carbonyl (C=O) groups is 4. The lowest BCUT2D eigenvalue weighted by Crippen LogP contribution is -2.52. The highest BCUT2D eigenvalue weighted by atomic mass is 19.1. The van der Waals surface area contributed by atoms with Gasteiger partial charge in [-0.3, -0.25) is 9.59 Å². The second-order valence-corrected chi connectivity index (χ2v) is 7.05. The van der Waals surface area contributed by atoms with Crippen LogP contribution in [0.1, 0.15) is 33.2 Å². The molecule has 0 bridgehead atoms. The van der Waals surface area contributed by atoms with Crippen LogP contribution in [-0.2, 0) is 25.5 Å². The molecule has 0 spiro atoms. The van der Waals surface area contributed by atoms with E-state index in [1.165, 1.54) is 25.1 Å². The van der Waals surface area contributed by atoms with E-state index in [9.17, 15) is 28.6 Å². The van der Waals surface area contributed by atoms with Gasteiger partial charge < -0.3 is 24.5 Å². The maximum Gasteiger partial charge on any atom is 0.547 e. The zero-order valence-corrected chi connectivity index (χ0v) is 17.4. The number of nitrogens with one attached hydrogen (secondary N) is 1. The molecule has 0 fully saturated rings. The number of allylic oxidation sites excluding steroid dienone is 1. The number of fused-ring (bicyclic) bond motifs is 1. The SMILES string of the molecule is CC(=O)/C=C/C(=O)N[C@H]1Cc2cccc(C(=O)OCOC(=O)c3ccc(F)cc3)c2OB1O. The number of hydrogen-bond acceptors (Lipinski definition) is 8. The molecule has 1 aliphatic rings. The van der Waals surface area contributed by atoms with E-state index in [0.717, 1.165) is 24.3 Å². The van der Waals surface area contributed by atoms with E-state index in [4.69, 9.17) is 14.1 Å². The number of halogens is 1. The Labute approximate surface area is 188 Å². The minimum absolute atomic E-state index is 0.00867. The molecule has 2 aromatic rings. The van der Waals surface area contributed by atoms with E-state index >= 15 is 0 Å². The second-order valence-electron chi connectivity index (χ2n) is 7.05. The summed E-state index contributed by atoms with van der Waals surface area (Å²) in [5.74, 6) is -3.81. The smallest absolute Gasteiger partial charge is 0.534 e. The number of para-hydroxylation sites is 1. The minimum atomic E-state index is -1.46. The van der Waals surface area contributed by atoms with Crippen molar-refractivity contribution in [2.24, 2.45) is 0 Å². The van der Waals surface area contributed by atoms with Crippen molar-refractivity contribution < 1.29 is 42.7 Å². The summed E-state index contributed by atoms with van der Waals surface area (Å²) in [5.41, 5.74) is 0.603. The molecular weight excluding hydrogens is 436 g/mol. The summed E-state index contributed by atoms with van der Waals surface area (Å²) >= 11 is 0. The number of esters is 2. The van der Waals surface area contributed by atoms with E-state index in [0.29, 0.717) is 5.56 Å². The Bertz CT molecular complexity index is 1100. The lowest BCUT2D eigenvalue weighted by molar-refractivity contribution is -0.117. The average Bonchev–Trinajstić information content (AvgIpc) is 2.78. The van der Waals surface area contributed by atoms with Crippen molar-refractivity contribution in [2.45, 2.75) is 19.3 Å². The highest BCUT2D eigenvalue weighted by Gasteiger charge is 2.37. The van der Waals surface area contributed by atoms with Crippen LogP contribution in [0, 0.1) is 5.82 Å². The van der Waals surface area contributed by atoms with Gasteiger partial charge in [-0.1, -0.05) is 12.1 Å². The second kappa shape index (κ2) is 10.6. The fourth-order valence-electron chi connectivity index (χ4n) is 3.02. The zero-order valence-electron chi connectivity index (χ0n) is 17.4. The first-order valence-corrected chi connectivity index (χ1v) is 9.80. The van der Waals surface area contributed by atoms with Gasteiger partial charge in [0.2, 0.25) is 12.7 Å². The van der Waals surface area contributed by atoms with Gasteiger partial charge in [-0.15, -0.1) is 0 Å². The summed E-state index contributed by atoms with van der Waals surface area (Å²) in [5, 5.41) is 12.8. The third kappa shape index (κ3) is 6.26. The van der Waals surface area contributed by atoms with Crippen LogP contribution in [0.5, 0.6) is 5.75 Å². The zero-order chi connectivity index (χ0) is 24.0. The van der Waals surface area contributed by atoms with Gasteiger partial charge in [-0.25, -0.2) is 14.0 Å². The first-order chi connectivity index (χ1) is 15.7. The van der Waals surface area contributed by atoms with E-state index in [-0.39, 0.29) is 29.1 Å². The van der Waals surface area contributed by atoms with Crippen LogP contribution in [0.15, 0.2) is 54.6 Å². The van der Waals surface area contributed by atoms with E-state index in [2.05, 4.69) is 5.32 Å². The predicted molar refractivity (Wildman–Crippen MR) is 113 cm³/mol. The largest absolute Gasteiger partial charge is 0.547 e. The summed E-state index contributed by atoms with van der Waals surface area (Å²) in [7, 11) is -1.46. The molecule has 0 aliphatic carbocycles. The lowest BCUT2D eigenvalue weighted by Gasteiger charge is -2.28. The van der Waals surface area contributed by atoms with Gasteiger partial charge in [-0.05, 0) is 55.3 Å². The topological polar surface area (TPSA) is 128 Å². The quantitative estimate of drug-likeness (QED) is 0.278. The number of rotatable bonds is 7. The van der Waals surface area contributed by atoms with Crippen LogP contribution >= 0.6 is 0 Å². The molecule has 0 unspecified atom stereocenters. The van der Waals surface area contributed by atoms with Crippen LogP contribution < -0.4 is 9.97 Å². The molecule has 1 atom stereocenters. The third-order valence-electron chi connectivity index (χ3n) is 4.60. The Morgan fingerprint density at radius 3 is 2.52 bits per heavy atom. The molecule has 0 aromatic heterocycles. The molecule has 1 heterocycles. The number of ketones is 1. The van der Waals surface area contributed by atoms with Gasteiger partial charge in [0.15, 0.2) is 5.78 Å². The Morgan fingerprint density at radius 1 is 1.12 bits per heavy atom. The molecule has 9 nitrogen and oxygen atoms in total. The molecule has 1 amide bonds. The van der Waals surface area contributed by atoms with Crippen molar-refractivity contribution in [2.75, 3.05) is 6.79 Å². The van der Waals surface area contributed by atoms with Crippen LogP contribution in [-0.4, -0.2) is 48.5 Å². The van der Waals surface area contributed by atoms with Crippen molar-refractivity contribution in [3.63, 3.8) is 0 Å². The molecule has 0 saturated heterocycles. The van der Waals surface area contributed by atoms with Gasteiger partial charge in [0.1, 0.15) is 17.1 Å². The molecular formula is C22H19BFNO8. The predicted octanol–water partition coefficient (Wildman–Crippen LogP) is 1.38. The maximum atomic E-state index is 12.9. The molecule has 170 valence electrons. The van der Waals surface area contributed by atoms with Gasteiger partial charge in [-0.2, -0.15) is 0 Å². The Kier molecular flexibility index (Phi) is 7.57. The van der Waals surface area contributed by atoms with Gasteiger partial charge >= 0.3 is 19.1 Å². The number of ether oxygens (including phenoxy) is 2. The monoisotopic (exact) mass is 455 g/mol. The Morgan fingerprint density at radius 2 is 1.82 bits per heavy atom. The Hall–Kier alpha value is -3.99. The van der Waals surface area contributed by atoms with Gasteiger partial charge in [0, 0.05) is 6.08 Å². The number of amides is 1. The summed E-state index contributed by atoms with van der Waals surface area (Å²) in [4.78, 5) is 47.2. The molecule has 11 heteroatoms. The molecule has 2 aromatic carbocycles. The van der Waals surface area contributed by atoms with Crippen LogP contribution in [0.4, 0.5) is 4.39 Å². The number of carbonyl (C=O) groups excluding carboxylic acids is 4. The minimum Gasteiger partial charge on any atom is -0.534 e. The van der Waals surface area contributed by atoms with Crippen molar-refractivity contribution in [3.8, 4) is 5.75 Å². The summed E-state index contributed by atoms with van der Waals surface area (Å²) in [6.07, 6.45) is 2.29. The van der Waals surface area contributed by atoms with E-state index in [1.54, 1.807) is 12.1 Å². The van der Waals surface area contributed by atoms with Gasteiger partial charge in [0.25, 0.3) is 0 Å². The van der Waals surface area contributed by atoms with Crippen molar-refractivity contribution in [1.29, 1.82) is 0 Å². The molecule has 33 heavy (non-hydrogen) atoms. The molecule has 3 rings (SSSR count). The van der Waals surface area contributed by atoms with E-state index in [1.807, 2.05) is 0 Å². The molecule has 1 aliphatic heterocycles. The van der Waals surface area contributed by atoms with Crippen LogP contribution in [0.3, 0.4) is 0 Å². The maximum absolute atomic E-state index is 12.9.